The molecule has 0 atom stereocenters. The van der Waals surface area contributed by atoms with E-state index in [-0.39, 0.29) is 18.4 Å². The third kappa shape index (κ3) is 4.59. The molecule has 0 aromatic heterocycles. The molecule has 2 amide bonds. The molecule has 0 bridgehead atoms. The van der Waals surface area contributed by atoms with Gasteiger partial charge in [-0.15, -0.1) is 12.6 Å². The Hall–Kier alpha value is -1.49. The first-order valence-corrected chi connectivity index (χ1v) is 6.80. The molecule has 4 nitrogen and oxygen atoms in total. The maximum absolute atomic E-state index is 12.0. The maximum atomic E-state index is 12.0. The number of nitrogens with one attached hydrogen (secondary N) is 1. The number of hydrogen-bond donors (Lipinski definition) is 2. The second kappa shape index (κ2) is 6.10. The van der Waals surface area contributed by atoms with Crippen molar-refractivity contribution in [3.63, 3.8) is 0 Å². The van der Waals surface area contributed by atoms with Crippen molar-refractivity contribution in [1.82, 2.24) is 10.2 Å². The Morgan fingerprint density at radius 2 is 1.95 bits per heavy atom. The molecule has 1 aliphatic carbocycles. The minimum absolute atomic E-state index is 0.0575. The lowest BCUT2D eigenvalue weighted by Crippen LogP contribution is -2.39. The molecule has 0 heterocycles. The zero-order chi connectivity index (χ0) is 13.8. The zero-order valence-corrected chi connectivity index (χ0v) is 11.8. The number of rotatable bonds is 5. The van der Waals surface area contributed by atoms with Crippen LogP contribution in [0, 0.1) is 0 Å². The molecule has 1 aromatic rings. The molecule has 19 heavy (non-hydrogen) atoms. The second-order valence-electron chi connectivity index (χ2n) is 4.93. The van der Waals surface area contributed by atoms with Crippen LogP contribution in [0.25, 0.3) is 0 Å². The zero-order valence-electron chi connectivity index (χ0n) is 10.9. The van der Waals surface area contributed by atoms with Crippen LogP contribution in [0.2, 0.25) is 0 Å². The molecule has 102 valence electrons. The van der Waals surface area contributed by atoms with E-state index in [4.69, 9.17) is 0 Å². The van der Waals surface area contributed by atoms with Crippen molar-refractivity contribution in [2.24, 2.45) is 0 Å². The summed E-state index contributed by atoms with van der Waals surface area (Å²) in [6, 6.07) is 7.78. The highest BCUT2D eigenvalue weighted by Gasteiger charge is 2.24. The van der Waals surface area contributed by atoms with E-state index < -0.39 is 0 Å². The predicted molar refractivity (Wildman–Crippen MR) is 76.2 cm³/mol. The lowest BCUT2D eigenvalue weighted by atomic mass is 10.1. The van der Waals surface area contributed by atoms with Crippen LogP contribution in [-0.4, -0.2) is 36.3 Å². The van der Waals surface area contributed by atoms with Gasteiger partial charge in [0.25, 0.3) is 0 Å². The van der Waals surface area contributed by atoms with E-state index in [1.807, 2.05) is 24.3 Å². The summed E-state index contributed by atoms with van der Waals surface area (Å²) in [4.78, 5) is 25.9. The third-order valence-corrected chi connectivity index (χ3v) is 3.34. The van der Waals surface area contributed by atoms with Crippen molar-refractivity contribution in [3.8, 4) is 0 Å². The summed E-state index contributed by atoms with van der Waals surface area (Å²) in [5.41, 5.74) is 0.928. The van der Waals surface area contributed by atoms with Crippen molar-refractivity contribution in [3.05, 3.63) is 29.8 Å². The van der Waals surface area contributed by atoms with E-state index in [9.17, 15) is 9.59 Å². The van der Waals surface area contributed by atoms with Crippen LogP contribution >= 0.6 is 12.6 Å². The Morgan fingerprint density at radius 3 is 2.53 bits per heavy atom. The highest BCUT2D eigenvalue weighted by Crippen LogP contribution is 2.18. The Kier molecular flexibility index (Phi) is 4.47. The first kappa shape index (κ1) is 13.9. The lowest BCUT2D eigenvalue weighted by molar-refractivity contribution is -0.134. The highest BCUT2D eigenvalue weighted by molar-refractivity contribution is 7.80. The SMILES string of the molecule is CN(CC(=O)NC1CC1)C(=O)Cc1ccc(S)cc1. The van der Waals surface area contributed by atoms with Crippen molar-refractivity contribution in [2.45, 2.75) is 30.2 Å². The summed E-state index contributed by atoms with van der Waals surface area (Å²) >= 11 is 4.20. The van der Waals surface area contributed by atoms with Crippen LogP contribution in [0.1, 0.15) is 18.4 Å². The van der Waals surface area contributed by atoms with Crippen LogP contribution in [0.3, 0.4) is 0 Å². The summed E-state index contributed by atoms with van der Waals surface area (Å²) in [6.45, 7) is 0.125. The van der Waals surface area contributed by atoms with Crippen molar-refractivity contribution in [2.75, 3.05) is 13.6 Å². The van der Waals surface area contributed by atoms with E-state index in [0.29, 0.717) is 12.5 Å². The molecule has 0 radical (unpaired) electrons. The molecule has 1 aromatic carbocycles. The Labute approximate surface area is 118 Å². The van der Waals surface area contributed by atoms with E-state index in [2.05, 4.69) is 17.9 Å². The topological polar surface area (TPSA) is 49.4 Å². The van der Waals surface area contributed by atoms with Gasteiger partial charge in [0.15, 0.2) is 0 Å². The summed E-state index contributed by atoms with van der Waals surface area (Å²) in [7, 11) is 1.65. The Balaban J connectivity index is 1.80. The minimum atomic E-state index is -0.0796. The number of benzene rings is 1. The van der Waals surface area contributed by atoms with Gasteiger partial charge < -0.3 is 10.2 Å². The van der Waals surface area contributed by atoms with Gasteiger partial charge in [-0.3, -0.25) is 9.59 Å². The van der Waals surface area contributed by atoms with Gasteiger partial charge in [0, 0.05) is 18.0 Å². The third-order valence-electron chi connectivity index (χ3n) is 3.04. The quantitative estimate of drug-likeness (QED) is 0.797. The van der Waals surface area contributed by atoms with Crippen LogP contribution in [0.4, 0.5) is 0 Å². The predicted octanol–water partition coefficient (Wildman–Crippen LogP) is 1.25. The number of carbonyl (C=O) groups excluding carboxylic acids is 2. The molecule has 1 saturated carbocycles. The molecular formula is C14H18N2O2S. The van der Waals surface area contributed by atoms with Crippen LogP contribution in [0.15, 0.2) is 29.2 Å². The molecule has 1 aliphatic rings. The van der Waals surface area contributed by atoms with Gasteiger partial charge >= 0.3 is 0 Å². The van der Waals surface area contributed by atoms with Crippen LogP contribution in [-0.2, 0) is 16.0 Å². The Bertz CT molecular complexity index is 469. The highest BCUT2D eigenvalue weighted by atomic mass is 32.1. The second-order valence-corrected chi connectivity index (χ2v) is 5.45. The van der Waals surface area contributed by atoms with Gasteiger partial charge in [-0.2, -0.15) is 0 Å². The average Bonchev–Trinajstić information content (AvgIpc) is 3.15. The fourth-order valence-corrected chi connectivity index (χ4v) is 1.88. The minimum Gasteiger partial charge on any atom is -0.352 e. The van der Waals surface area contributed by atoms with E-state index in [1.54, 1.807) is 7.05 Å². The van der Waals surface area contributed by atoms with Gasteiger partial charge in [-0.05, 0) is 30.5 Å². The molecule has 2 rings (SSSR count). The molecule has 1 N–H and O–H groups in total. The number of carbonyl (C=O) groups is 2. The van der Waals surface area contributed by atoms with E-state index in [0.717, 1.165) is 23.3 Å². The molecule has 0 spiro atoms. The van der Waals surface area contributed by atoms with Crippen LogP contribution < -0.4 is 5.32 Å². The van der Waals surface area contributed by atoms with Crippen molar-refractivity contribution < 1.29 is 9.59 Å². The Morgan fingerprint density at radius 1 is 1.32 bits per heavy atom. The normalized spacial score (nSPS) is 14.0. The molecule has 0 aliphatic heterocycles. The smallest absolute Gasteiger partial charge is 0.239 e. The first-order chi connectivity index (χ1) is 9.04. The average molecular weight is 278 g/mol. The summed E-state index contributed by atoms with van der Waals surface area (Å²) in [5, 5.41) is 2.87. The fourth-order valence-electron chi connectivity index (χ4n) is 1.73. The molecule has 1 fully saturated rings. The summed E-state index contributed by atoms with van der Waals surface area (Å²) in [6.07, 6.45) is 2.42. The van der Waals surface area contributed by atoms with Gasteiger partial charge in [0.1, 0.15) is 0 Å². The van der Waals surface area contributed by atoms with Gasteiger partial charge in [0.05, 0.1) is 13.0 Å². The van der Waals surface area contributed by atoms with Crippen LogP contribution in [0.5, 0.6) is 0 Å². The number of amides is 2. The summed E-state index contributed by atoms with van der Waals surface area (Å²) in [5.74, 6) is -0.137. The van der Waals surface area contributed by atoms with Gasteiger partial charge in [-0.1, -0.05) is 12.1 Å². The van der Waals surface area contributed by atoms with E-state index in [1.165, 1.54) is 4.90 Å². The number of nitrogens with zero attached hydrogens (tertiary/aromatic N) is 1. The maximum Gasteiger partial charge on any atom is 0.239 e. The first-order valence-electron chi connectivity index (χ1n) is 6.36. The lowest BCUT2D eigenvalue weighted by Gasteiger charge is -2.16. The van der Waals surface area contributed by atoms with Crippen molar-refractivity contribution in [1.29, 1.82) is 0 Å². The monoisotopic (exact) mass is 278 g/mol. The molecule has 0 saturated heterocycles. The molecule has 0 unspecified atom stereocenters. The molecule has 5 heteroatoms. The summed E-state index contributed by atoms with van der Waals surface area (Å²) < 4.78 is 0. The largest absolute Gasteiger partial charge is 0.352 e. The fraction of sp³-hybridized carbons (Fsp3) is 0.429. The molecular weight excluding hydrogens is 260 g/mol. The number of hydrogen-bond acceptors (Lipinski definition) is 3. The van der Waals surface area contributed by atoms with Gasteiger partial charge in [0.2, 0.25) is 11.8 Å². The standard InChI is InChI=1S/C14H18N2O2S/c1-16(9-13(17)15-11-4-5-11)14(18)8-10-2-6-12(19)7-3-10/h2-3,6-7,11,19H,4-5,8-9H2,1H3,(H,15,17). The van der Waals surface area contributed by atoms with E-state index >= 15 is 0 Å². The van der Waals surface area contributed by atoms with Gasteiger partial charge in [-0.25, -0.2) is 0 Å². The van der Waals surface area contributed by atoms with Crippen molar-refractivity contribution >= 4 is 24.4 Å². The number of likely N-dealkylation sites (N-methyl/N-ethyl adjacent to an activating group) is 1. The number of thiol groups is 1.